The van der Waals surface area contributed by atoms with E-state index in [2.05, 4.69) is 0 Å². The smallest absolute Gasteiger partial charge is 0.340 e. The van der Waals surface area contributed by atoms with Gasteiger partial charge in [-0.25, -0.2) is 4.79 Å². The lowest BCUT2D eigenvalue weighted by Crippen LogP contribution is -2.16. The SMILES string of the molecule is Cc1cc(C(=O)COC(=O)c2ccc(Cl)cc2N)c(C)n1-c1ccc2c(c1)OCO2. The summed E-state index contributed by atoms with van der Waals surface area (Å²) in [5.74, 6) is 0.353. The van der Waals surface area contributed by atoms with E-state index in [1.165, 1.54) is 18.2 Å². The molecule has 1 aromatic heterocycles. The predicted molar refractivity (Wildman–Crippen MR) is 112 cm³/mol. The highest BCUT2D eigenvalue weighted by Gasteiger charge is 2.21. The van der Waals surface area contributed by atoms with Crippen molar-refractivity contribution in [3.05, 3.63) is 70.0 Å². The van der Waals surface area contributed by atoms with Crippen LogP contribution in [0.15, 0.2) is 42.5 Å². The third-order valence-corrected chi connectivity index (χ3v) is 5.15. The number of rotatable bonds is 5. The van der Waals surface area contributed by atoms with Crippen LogP contribution in [0.3, 0.4) is 0 Å². The topological polar surface area (TPSA) is 92.8 Å². The van der Waals surface area contributed by atoms with Crippen LogP contribution in [0.5, 0.6) is 11.5 Å². The normalized spacial score (nSPS) is 12.1. The Kier molecular flexibility index (Phi) is 5.13. The highest BCUT2D eigenvalue weighted by atomic mass is 35.5. The van der Waals surface area contributed by atoms with Gasteiger partial charge >= 0.3 is 5.97 Å². The third kappa shape index (κ3) is 3.59. The molecular formula is C22H19ClN2O5. The lowest BCUT2D eigenvalue weighted by atomic mass is 10.1. The molecule has 0 saturated heterocycles. The molecule has 0 atom stereocenters. The second-order valence-corrected chi connectivity index (χ2v) is 7.33. The summed E-state index contributed by atoms with van der Waals surface area (Å²) in [6.07, 6.45) is 0. The summed E-state index contributed by atoms with van der Waals surface area (Å²) in [5.41, 5.74) is 9.08. The summed E-state index contributed by atoms with van der Waals surface area (Å²) in [4.78, 5) is 25.0. The quantitative estimate of drug-likeness (QED) is 0.375. The van der Waals surface area contributed by atoms with E-state index in [-0.39, 0.29) is 23.8 Å². The van der Waals surface area contributed by atoms with Crippen LogP contribution in [-0.2, 0) is 4.74 Å². The Bertz CT molecular complexity index is 1170. The molecule has 30 heavy (non-hydrogen) atoms. The minimum Gasteiger partial charge on any atom is -0.454 e. The number of ketones is 1. The van der Waals surface area contributed by atoms with E-state index >= 15 is 0 Å². The lowest BCUT2D eigenvalue weighted by Gasteiger charge is -2.11. The van der Waals surface area contributed by atoms with E-state index in [1.54, 1.807) is 6.07 Å². The number of nitrogens with zero attached hydrogens (tertiary/aromatic N) is 1. The molecule has 7 nitrogen and oxygen atoms in total. The number of esters is 1. The number of carbonyl (C=O) groups is 2. The molecule has 0 spiro atoms. The number of fused-ring (bicyclic) bond motifs is 1. The zero-order chi connectivity index (χ0) is 21.4. The summed E-state index contributed by atoms with van der Waals surface area (Å²) in [6.45, 7) is 3.53. The van der Waals surface area contributed by atoms with Gasteiger partial charge in [-0.2, -0.15) is 0 Å². The minimum atomic E-state index is -0.679. The Balaban J connectivity index is 1.52. The first-order chi connectivity index (χ1) is 14.3. The number of hydrogen-bond donors (Lipinski definition) is 1. The van der Waals surface area contributed by atoms with Gasteiger partial charge in [0.15, 0.2) is 18.1 Å². The molecule has 0 fully saturated rings. The van der Waals surface area contributed by atoms with Gasteiger partial charge in [-0.1, -0.05) is 11.6 Å². The van der Waals surface area contributed by atoms with Crippen LogP contribution < -0.4 is 15.2 Å². The number of aromatic nitrogens is 1. The number of nitrogens with two attached hydrogens (primary N) is 1. The number of nitrogen functional groups attached to an aromatic ring is 1. The number of Topliss-reactive ketones (excluding diaryl/α,β-unsaturated/α-hetero) is 1. The zero-order valence-corrected chi connectivity index (χ0v) is 17.2. The lowest BCUT2D eigenvalue weighted by molar-refractivity contribution is 0.0475. The fourth-order valence-corrected chi connectivity index (χ4v) is 3.65. The molecule has 0 unspecified atom stereocenters. The van der Waals surface area contributed by atoms with Crippen LogP contribution in [0.25, 0.3) is 5.69 Å². The largest absolute Gasteiger partial charge is 0.454 e. The molecule has 8 heteroatoms. The van der Waals surface area contributed by atoms with Crippen LogP contribution in [-0.4, -0.2) is 29.7 Å². The molecular weight excluding hydrogens is 408 g/mol. The number of benzene rings is 2. The van der Waals surface area contributed by atoms with Crippen molar-refractivity contribution < 1.29 is 23.8 Å². The Morgan fingerprint density at radius 2 is 1.83 bits per heavy atom. The molecule has 2 heterocycles. The molecule has 3 aromatic rings. The Morgan fingerprint density at radius 1 is 1.07 bits per heavy atom. The van der Waals surface area contributed by atoms with E-state index in [0.29, 0.717) is 22.1 Å². The number of carbonyl (C=O) groups excluding carboxylic acids is 2. The van der Waals surface area contributed by atoms with Crippen molar-refractivity contribution in [2.24, 2.45) is 0 Å². The molecule has 0 radical (unpaired) electrons. The maximum absolute atomic E-state index is 12.7. The van der Waals surface area contributed by atoms with E-state index in [1.807, 2.05) is 36.6 Å². The Labute approximate surface area is 177 Å². The minimum absolute atomic E-state index is 0.165. The molecule has 0 saturated carbocycles. The summed E-state index contributed by atoms with van der Waals surface area (Å²) in [7, 11) is 0. The molecule has 1 aliphatic rings. The molecule has 2 N–H and O–H groups in total. The summed E-state index contributed by atoms with van der Waals surface area (Å²) >= 11 is 5.84. The van der Waals surface area contributed by atoms with Crippen molar-refractivity contribution >= 4 is 29.0 Å². The van der Waals surface area contributed by atoms with Crippen molar-refractivity contribution in [1.82, 2.24) is 4.57 Å². The van der Waals surface area contributed by atoms with Crippen molar-refractivity contribution in [1.29, 1.82) is 0 Å². The summed E-state index contributed by atoms with van der Waals surface area (Å²) < 4.78 is 17.9. The molecule has 0 aliphatic carbocycles. The second kappa shape index (κ2) is 7.76. The highest BCUT2D eigenvalue weighted by molar-refractivity contribution is 6.31. The molecule has 154 valence electrons. The van der Waals surface area contributed by atoms with Crippen molar-refractivity contribution in [2.75, 3.05) is 19.1 Å². The van der Waals surface area contributed by atoms with Gasteiger partial charge < -0.3 is 24.5 Å². The molecule has 4 rings (SSSR count). The Hall–Kier alpha value is -3.45. The second-order valence-electron chi connectivity index (χ2n) is 6.89. The maximum Gasteiger partial charge on any atom is 0.340 e. The van der Waals surface area contributed by atoms with Gasteiger partial charge in [0.25, 0.3) is 0 Å². The first kappa shape index (κ1) is 19.8. The van der Waals surface area contributed by atoms with Gasteiger partial charge in [0.1, 0.15) is 0 Å². The van der Waals surface area contributed by atoms with Crippen LogP contribution in [0.4, 0.5) is 5.69 Å². The summed E-state index contributed by atoms with van der Waals surface area (Å²) in [6, 6.07) is 11.8. The third-order valence-electron chi connectivity index (χ3n) is 4.91. The van der Waals surface area contributed by atoms with Crippen LogP contribution in [0.1, 0.15) is 32.1 Å². The molecule has 1 aliphatic heterocycles. The number of hydrogen-bond acceptors (Lipinski definition) is 6. The maximum atomic E-state index is 12.7. The van der Waals surface area contributed by atoms with Crippen molar-refractivity contribution in [3.8, 4) is 17.2 Å². The Morgan fingerprint density at radius 3 is 2.60 bits per heavy atom. The van der Waals surface area contributed by atoms with Gasteiger partial charge in [-0.15, -0.1) is 0 Å². The van der Waals surface area contributed by atoms with Gasteiger partial charge in [0.2, 0.25) is 12.6 Å². The van der Waals surface area contributed by atoms with Gasteiger partial charge in [-0.05, 0) is 50.2 Å². The molecule has 0 amide bonds. The van der Waals surface area contributed by atoms with Gasteiger partial charge in [0.05, 0.1) is 5.56 Å². The average molecular weight is 427 g/mol. The predicted octanol–water partition coefficient (Wildman–Crippen LogP) is 4.10. The molecule has 2 aromatic carbocycles. The van der Waals surface area contributed by atoms with Gasteiger partial charge in [-0.3, -0.25) is 4.79 Å². The van der Waals surface area contributed by atoms with Gasteiger partial charge in [0, 0.05) is 39.4 Å². The number of halogens is 1. The number of ether oxygens (including phenoxy) is 3. The fraction of sp³-hybridized carbons (Fsp3) is 0.182. The van der Waals surface area contributed by atoms with Crippen LogP contribution in [0, 0.1) is 13.8 Å². The zero-order valence-electron chi connectivity index (χ0n) is 16.4. The van der Waals surface area contributed by atoms with Crippen molar-refractivity contribution in [3.63, 3.8) is 0 Å². The van der Waals surface area contributed by atoms with E-state index < -0.39 is 12.6 Å². The van der Waals surface area contributed by atoms with Crippen LogP contribution in [0.2, 0.25) is 5.02 Å². The standard InChI is InChI=1S/C22H19ClN2O5/c1-12-7-17(13(2)25(12)15-4-6-20-21(9-15)30-11-29-20)19(26)10-28-22(27)16-5-3-14(23)8-18(16)24/h3-9H,10-11,24H2,1-2H3. The van der Waals surface area contributed by atoms with E-state index in [4.69, 9.17) is 31.5 Å². The van der Waals surface area contributed by atoms with E-state index in [9.17, 15) is 9.59 Å². The monoisotopic (exact) mass is 426 g/mol. The average Bonchev–Trinajstić information content (AvgIpc) is 3.29. The van der Waals surface area contributed by atoms with Crippen molar-refractivity contribution in [2.45, 2.75) is 13.8 Å². The van der Waals surface area contributed by atoms with Crippen LogP contribution >= 0.6 is 11.6 Å². The first-order valence-electron chi connectivity index (χ1n) is 9.19. The van der Waals surface area contributed by atoms with E-state index in [0.717, 1.165) is 17.1 Å². The molecule has 0 bridgehead atoms. The fourth-order valence-electron chi connectivity index (χ4n) is 3.47. The number of aryl methyl sites for hydroxylation is 1. The highest BCUT2D eigenvalue weighted by Crippen LogP contribution is 2.35. The summed E-state index contributed by atoms with van der Waals surface area (Å²) in [5, 5.41) is 0.413. The first-order valence-corrected chi connectivity index (χ1v) is 9.57. The number of anilines is 1.